The van der Waals surface area contributed by atoms with Gasteiger partial charge in [0.05, 0.1) is 5.56 Å². The van der Waals surface area contributed by atoms with Gasteiger partial charge in [-0.05, 0) is 12.1 Å². The Morgan fingerprint density at radius 3 is 2.93 bits per heavy atom. The molecule has 1 aromatic heterocycles. The molecular formula is C8H7F2NO3. The number of alkyl halides is 2. The molecule has 0 atom stereocenters. The summed E-state index contributed by atoms with van der Waals surface area (Å²) in [6, 6.07) is 2.46. The molecule has 0 bridgehead atoms. The molecule has 0 radical (unpaired) electrons. The number of carbonyl (C=O) groups is 1. The number of ether oxygens (including phenoxy) is 1. The zero-order chi connectivity index (χ0) is 10.6. The third-order valence-electron chi connectivity index (χ3n) is 1.37. The van der Waals surface area contributed by atoms with E-state index in [1.165, 1.54) is 12.3 Å². The van der Waals surface area contributed by atoms with Crippen LogP contribution in [0.2, 0.25) is 0 Å². The Bertz CT molecular complexity index is 330. The summed E-state index contributed by atoms with van der Waals surface area (Å²) < 4.78 is 29.1. The lowest BCUT2D eigenvalue weighted by atomic mass is 10.3. The minimum absolute atomic E-state index is 0.343. The van der Waals surface area contributed by atoms with Gasteiger partial charge in [-0.3, -0.25) is 0 Å². The minimum atomic E-state index is -2.73. The predicted octanol–water partition coefficient (Wildman–Crippen LogP) is 1.48. The van der Waals surface area contributed by atoms with Gasteiger partial charge >= 0.3 is 5.97 Å². The molecule has 0 saturated carbocycles. The fraction of sp³-hybridized carbons (Fsp3) is 0.250. The first-order chi connectivity index (χ1) is 6.61. The number of aliphatic carboxylic acids is 1. The average molecular weight is 203 g/mol. The number of pyridine rings is 1. The van der Waals surface area contributed by atoms with Crippen molar-refractivity contribution in [3.8, 4) is 5.88 Å². The second-order valence-electron chi connectivity index (χ2n) is 2.38. The van der Waals surface area contributed by atoms with Gasteiger partial charge in [-0.1, -0.05) is 0 Å². The Morgan fingerprint density at radius 1 is 1.64 bits per heavy atom. The van der Waals surface area contributed by atoms with E-state index in [9.17, 15) is 13.6 Å². The second kappa shape index (κ2) is 4.50. The lowest BCUT2D eigenvalue weighted by molar-refractivity contribution is -0.139. The lowest BCUT2D eigenvalue weighted by Gasteiger charge is -2.06. The topological polar surface area (TPSA) is 59.4 Å². The van der Waals surface area contributed by atoms with Crippen molar-refractivity contribution in [1.29, 1.82) is 0 Å². The van der Waals surface area contributed by atoms with Gasteiger partial charge in [0.25, 0.3) is 6.43 Å². The van der Waals surface area contributed by atoms with E-state index in [0.717, 1.165) is 6.07 Å². The van der Waals surface area contributed by atoms with E-state index in [1.54, 1.807) is 0 Å². The third kappa shape index (κ3) is 2.65. The Labute approximate surface area is 78.1 Å². The van der Waals surface area contributed by atoms with Crippen molar-refractivity contribution in [2.45, 2.75) is 6.43 Å². The Morgan fingerprint density at radius 2 is 2.36 bits per heavy atom. The summed E-state index contributed by atoms with van der Waals surface area (Å²) in [5, 5.41) is 8.26. The van der Waals surface area contributed by atoms with Crippen molar-refractivity contribution in [2.24, 2.45) is 0 Å². The molecule has 0 unspecified atom stereocenters. The molecule has 1 rings (SSSR count). The predicted molar refractivity (Wildman–Crippen MR) is 42.3 cm³/mol. The maximum atomic E-state index is 12.3. The molecule has 76 valence electrons. The average Bonchev–Trinajstić information content (AvgIpc) is 2.15. The zero-order valence-electron chi connectivity index (χ0n) is 6.98. The summed E-state index contributed by atoms with van der Waals surface area (Å²) >= 11 is 0. The van der Waals surface area contributed by atoms with Gasteiger partial charge < -0.3 is 9.84 Å². The largest absolute Gasteiger partial charge is 0.479 e. The van der Waals surface area contributed by atoms with Gasteiger partial charge in [0, 0.05) is 6.20 Å². The molecule has 14 heavy (non-hydrogen) atoms. The fourth-order valence-electron chi connectivity index (χ4n) is 0.820. The number of hydrogen-bond acceptors (Lipinski definition) is 3. The van der Waals surface area contributed by atoms with Gasteiger partial charge in [0.1, 0.15) is 0 Å². The summed E-state index contributed by atoms with van der Waals surface area (Å²) in [6.45, 7) is -0.684. The number of aromatic nitrogens is 1. The Balaban J connectivity index is 2.79. The van der Waals surface area contributed by atoms with Crippen LogP contribution in [-0.4, -0.2) is 22.7 Å². The first kappa shape index (κ1) is 10.4. The highest BCUT2D eigenvalue weighted by Gasteiger charge is 2.15. The van der Waals surface area contributed by atoms with E-state index >= 15 is 0 Å². The van der Waals surface area contributed by atoms with E-state index in [0.29, 0.717) is 0 Å². The normalized spacial score (nSPS) is 10.2. The van der Waals surface area contributed by atoms with Crippen LogP contribution in [0.4, 0.5) is 8.78 Å². The van der Waals surface area contributed by atoms with Gasteiger partial charge in [-0.2, -0.15) is 0 Å². The van der Waals surface area contributed by atoms with E-state index in [2.05, 4.69) is 9.72 Å². The number of rotatable bonds is 4. The summed E-state index contributed by atoms with van der Waals surface area (Å²) in [5.41, 5.74) is -0.409. The third-order valence-corrected chi connectivity index (χ3v) is 1.37. The zero-order valence-corrected chi connectivity index (χ0v) is 6.98. The molecule has 1 heterocycles. The van der Waals surface area contributed by atoms with Crippen LogP contribution in [0, 0.1) is 0 Å². The molecule has 0 aromatic carbocycles. The fourth-order valence-corrected chi connectivity index (χ4v) is 0.820. The first-order valence-corrected chi connectivity index (χ1v) is 3.69. The van der Waals surface area contributed by atoms with Crippen LogP contribution >= 0.6 is 0 Å². The van der Waals surface area contributed by atoms with Crippen molar-refractivity contribution in [3.05, 3.63) is 23.9 Å². The molecule has 6 heteroatoms. The highest BCUT2D eigenvalue weighted by Crippen LogP contribution is 2.26. The maximum absolute atomic E-state index is 12.3. The SMILES string of the molecule is O=C(O)COc1ncccc1C(F)F. The molecule has 0 spiro atoms. The minimum Gasteiger partial charge on any atom is -0.479 e. The summed E-state index contributed by atoms with van der Waals surface area (Å²) in [6.07, 6.45) is -1.48. The standard InChI is InChI=1S/C8H7F2NO3/c9-7(10)5-2-1-3-11-8(5)14-4-6(12)13/h1-3,7H,4H2,(H,12,13). The van der Waals surface area contributed by atoms with Gasteiger partial charge in [0.2, 0.25) is 5.88 Å². The lowest BCUT2D eigenvalue weighted by Crippen LogP contribution is -2.11. The van der Waals surface area contributed by atoms with Crippen molar-refractivity contribution >= 4 is 5.97 Å². The molecule has 1 aromatic rings. The van der Waals surface area contributed by atoms with Crippen LogP contribution in [0.1, 0.15) is 12.0 Å². The molecule has 4 nitrogen and oxygen atoms in total. The van der Waals surface area contributed by atoms with Crippen LogP contribution in [0.15, 0.2) is 18.3 Å². The van der Waals surface area contributed by atoms with Crippen LogP contribution in [-0.2, 0) is 4.79 Å². The second-order valence-corrected chi connectivity index (χ2v) is 2.38. The number of halogens is 2. The molecule has 0 amide bonds. The highest BCUT2D eigenvalue weighted by atomic mass is 19.3. The number of nitrogens with zero attached hydrogens (tertiary/aromatic N) is 1. The maximum Gasteiger partial charge on any atom is 0.341 e. The van der Waals surface area contributed by atoms with Gasteiger partial charge in [-0.25, -0.2) is 18.6 Å². The molecule has 1 N–H and O–H groups in total. The van der Waals surface area contributed by atoms with Crippen LogP contribution in [0.5, 0.6) is 5.88 Å². The molecule has 0 aliphatic carbocycles. The Hall–Kier alpha value is -1.72. The van der Waals surface area contributed by atoms with Crippen molar-refractivity contribution in [3.63, 3.8) is 0 Å². The summed E-state index contributed by atoms with van der Waals surface area (Å²) in [7, 11) is 0. The first-order valence-electron chi connectivity index (χ1n) is 3.69. The van der Waals surface area contributed by atoms with Gasteiger partial charge in [0.15, 0.2) is 6.61 Å². The van der Waals surface area contributed by atoms with Crippen LogP contribution in [0.25, 0.3) is 0 Å². The molecule has 0 aliphatic heterocycles. The van der Waals surface area contributed by atoms with E-state index in [1.807, 2.05) is 0 Å². The van der Waals surface area contributed by atoms with Crippen LogP contribution < -0.4 is 4.74 Å². The van der Waals surface area contributed by atoms with Crippen molar-refractivity contribution in [2.75, 3.05) is 6.61 Å². The molecule has 0 saturated heterocycles. The van der Waals surface area contributed by atoms with Crippen LogP contribution in [0.3, 0.4) is 0 Å². The quantitative estimate of drug-likeness (QED) is 0.805. The van der Waals surface area contributed by atoms with Crippen molar-refractivity contribution < 1.29 is 23.4 Å². The smallest absolute Gasteiger partial charge is 0.341 e. The molecule has 0 fully saturated rings. The highest BCUT2D eigenvalue weighted by molar-refractivity contribution is 5.68. The van der Waals surface area contributed by atoms with E-state index in [4.69, 9.17) is 5.11 Å². The molecular weight excluding hydrogens is 196 g/mol. The van der Waals surface area contributed by atoms with E-state index < -0.39 is 24.6 Å². The Kier molecular flexibility index (Phi) is 3.33. The summed E-state index contributed by atoms with van der Waals surface area (Å²) in [5.74, 6) is -1.58. The van der Waals surface area contributed by atoms with Gasteiger partial charge in [-0.15, -0.1) is 0 Å². The number of carboxylic acids is 1. The van der Waals surface area contributed by atoms with Crippen molar-refractivity contribution in [1.82, 2.24) is 4.98 Å². The number of carboxylic acid groups (broad SMARTS) is 1. The summed E-state index contributed by atoms with van der Waals surface area (Å²) in [4.78, 5) is 13.6. The monoisotopic (exact) mass is 203 g/mol. The molecule has 0 aliphatic rings. The van der Waals surface area contributed by atoms with E-state index in [-0.39, 0.29) is 5.88 Å². The number of hydrogen-bond donors (Lipinski definition) is 1.